The third-order valence-electron chi connectivity index (χ3n) is 5.78. The molecule has 6 nitrogen and oxygen atoms in total. The van der Waals surface area contributed by atoms with Crippen LogP contribution in [0.25, 0.3) is 10.9 Å². The van der Waals surface area contributed by atoms with E-state index < -0.39 is 5.97 Å². The first-order valence-corrected chi connectivity index (χ1v) is 10.4. The molecule has 1 spiro atoms. The van der Waals surface area contributed by atoms with Crippen LogP contribution in [0.5, 0.6) is 0 Å². The molecule has 0 saturated carbocycles. The molecule has 0 aliphatic carbocycles. The highest BCUT2D eigenvalue weighted by molar-refractivity contribution is 7.14. The van der Waals surface area contributed by atoms with E-state index >= 15 is 0 Å². The van der Waals surface area contributed by atoms with Gasteiger partial charge in [0, 0.05) is 29.8 Å². The third kappa shape index (κ3) is 2.77. The number of aryl methyl sites for hydroxylation is 1. The van der Waals surface area contributed by atoms with E-state index in [9.17, 15) is 9.90 Å². The topological polar surface area (TPSA) is 75.6 Å². The van der Waals surface area contributed by atoms with Gasteiger partial charge in [0.15, 0.2) is 0 Å². The van der Waals surface area contributed by atoms with Gasteiger partial charge in [0.2, 0.25) is 0 Å². The molecule has 1 N–H and O–H groups in total. The Morgan fingerprint density at radius 2 is 2.04 bits per heavy atom. The summed E-state index contributed by atoms with van der Waals surface area (Å²) in [7, 11) is 0. The van der Waals surface area contributed by atoms with E-state index in [1.54, 1.807) is 0 Å². The fraction of sp³-hybridized carbons (Fsp3) is 0.381. The maximum absolute atomic E-state index is 11.4. The van der Waals surface area contributed by atoms with E-state index in [1.165, 1.54) is 16.2 Å². The average Bonchev–Trinajstić information content (AvgIpc) is 3.14. The Bertz CT molecular complexity index is 1070. The quantitative estimate of drug-likeness (QED) is 0.712. The van der Waals surface area contributed by atoms with Gasteiger partial charge in [-0.3, -0.25) is 0 Å². The summed E-state index contributed by atoms with van der Waals surface area (Å²) in [5.74, 6) is 0.898. The molecular formula is C21H21N3O3S. The van der Waals surface area contributed by atoms with Crippen LogP contribution < -0.4 is 4.90 Å². The minimum Gasteiger partial charge on any atom is -0.477 e. The standard InChI is InChI=1S/C21H21N3O3S/c1-13-22-16-5-3-2-4-14(16)19(23-13)24-9-7-21(8-10-24)15-12-18(20(25)26)28-17(15)6-11-27-21/h2-5,12H,6-11H2,1H3,(H,25,26). The molecule has 0 amide bonds. The Morgan fingerprint density at radius 3 is 2.82 bits per heavy atom. The van der Waals surface area contributed by atoms with Crippen molar-refractivity contribution in [2.45, 2.75) is 31.8 Å². The highest BCUT2D eigenvalue weighted by atomic mass is 32.1. The lowest BCUT2D eigenvalue weighted by Crippen LogP contribution is -2.46. The number of anilines is 1. The van der Waals surface area contributed by atoms with Crippen molar-refractivity contribution in [1.82, 2.24) is 9.97 Å². The number of nitrogens with zero attached hydrogens (tertiary/aromatic N) is 3. The van der Waals surface area contributed by atoms with Gasteiger partial charge in [-0.2, -0.15) is 0 Å². The van der Waals surface area contributed by atoms with E-state index in [1.807, 2.05) is 31.2 Å². The van der Waals surface area contributed by atoms with Crippen LogP contribution in [0.1, 0.15) is 38.8 Å². The highest BCUT2D eigenvalue weighted by Crippen LogP contribution is 2.45. The van der Waals surface area contributed by atoms with Gasteiger partial charge < -0.3 is 14.7 Å². The number of benzene rings is 1. The van der Waals surface area contributed by atoms with Crippen LogP contribution in [-0.2, 0) is 16.8 Å². The van der Waals surface area contributed by atoms with Crippen LogP contribution in [-0.4, -0.2) is 40.7 Å². The first kappa shape index (κ1) is 17.6. The second kappa shape index (κ2) is 6.53. The predicted octanol–water partition coefficient (Wildman–Crippen LogP) is 3.77. The number of aromatic carboxylic acids is 1. The largest absolute Gasteiger partial charge is 0.477 e. The molecule has 3 aromatic rings. The first-order valence-electron chi connectivity index (χ1n) is 9.54. The summed E-state index contributed by atoms with van der Waals surface area (Å²) in [5.41, 5.74) is 1.68. The lowest BCUT2D eigenvalue weighted by molar-refractivity contribution is -0.0757. The number of thiophene rings is 1. The first-order chi connectivity index (χ1) is 13.6. The van der Waals surface area contributed by atoms with Gasteiger partial charge in [0.05, 0.1) is 17.7 Å². The smallest absolute Gasteiger partial charge is 0.345 e. The maximum atomic E-state index is 11.4. The zero-order valence-corrected chi connectivity index (χ0v) is 16.5. The molecule has 1 aromatic carbocycles. The molecule has 0 atom stereocenters. The number of carboxylic acids is 1. The molecule has 2 aliphatic heterocycles. The van der Waals surface area contributed by atoms with Crippen LogP contribution in [0.4, 0.5) is 5.82 Å². The Labute approximate surface area is 166 Å². The van der Waals surface area contributed by atoms with Crippen LogP contribution in [0.2, 0.25) is 0 Å². The maximum Gasteiger partial charge on any atom is 0.345 e. The normalized spacial score (nSPS) is 18.4. The van der Waals surface area contributed by atoms with Gasteiger partial charge in [-0.1, -0.05) is 12.1 Å². The lowest BCUT2D eigenvalue weighted by atomic mass is 9.82. The minimum absolute atomic E-state index is 0.369. The zero-order chi connectivity index (χ0) is 19.3. The fourth-order valence-electron chi connectivity index (χ4n) is 4.43. The van der Waals surface area contributed by atoms with Gasteiger partial charge in [0.1, 0.15) is 16.5 Å². The van der Waals surface area contributed by atoms with Gasteiger partial charge in [0.25, 0.3) is 0 Å². The van der Waals surface area contributed by atoms with Crippen molar-refractivity contribution in [3.63, 3.8) is 0 Å². The van der Waals surface area contributed by atoms with E-state index in [2.05, 4.69) is 16.0 Å². The SMILES string of the molecule is Cc1nc(N2CCC3(CC2)OCCc2sc(C(=O)O)cc23)c2ccccc2n1. The lowest BCUT2D eigenvalue weighted by Gasteiger charge is -2.44. The van der Waals surface area contributed by atoms with Crippen LogP contribution in [0.3, 0.4) is 0 Å². The molecule has 5 rings (SSSR count). The van der Waals surface area contributed by atoms with Crippen molar-refractivity contribution >= 4 is 34.0 Å². The van der Waals surface area contributed by atoms with Crippen LogP contribution >= 0.6 is 11.3 Å². The third-order valence-corrected chi connectivity index (χ3v) is 6.97. The number of hydrogen-bond donors (Lipinski definition) is 1. The van der Waals surface area contributed by atoms with Gasteiger partial charge in [-0.15, -0.1) is 11.3 Å². The fourth-order valence-corrected chi connectivity index (χ4v) is 5.50. The number of para-hydroxylation sites is 1. The monoisotopic (exact) mass is 395 g/mol. The summed E-state index contributed by atoms with van der Waals surface area (Å²) < 4.78 is 6.28. The predicted molar refractivity (Wildman–Crippen MR) is 108 cm³/mol. The van der Waals surface area contributed by atoms with E-state index in [0.717, 1.165) is 60.5 Å². The summed E-state index contributed by atoms with van der Waals surface area (Å²) in [6.45, 7) is 4.22. The highest BCUT2D eigenvalue weighted by Gasteiger charge is 2.42. The summed E-state index contributed by atoms with van der Waals surface area (Å²) in [6.07, 6.45) is 2.45. The average molecular weight is 395 g/mol. The number of rotatable bonds is 2. The second-order valence-corrected chi connectivity index (χ2v) is 8.58. The summed E-state index contributed by atoms with van der Waals surface area (Å²) in [6, 6.07) is 9.94. The molecule has 7 heteroatoms. The molecule has 28 heavy (non-hydrogen) atoms. The van der Waals surface area contributed by atoms with E-state index in [0.29, 0.717) is 11.5 Å². The molecular weight excluding hydrogens is 374 g/mol. The number of ether oxygens (including phenoxy) is 1. The Morgan fingerprint density at radius 1 is 1.25 bits per heavy atom. The number of carboxylic acid groups (broad SMARTS) is 1. The summed E-state index contributed by atoms with van der Waals surface area (Å²) in [5, 5.41) is 10.5. The van der Waals surface area contributed by atoms with Crippen molar-refractivity contribution in [3.05, 3.63) is 51.5 Å². The number of aromatic nitrogens is 2. The summed E-state index contributed by atoms with van der Waals surface area (Å²) >= 11 is 1.40. The van der Waals surface area contributed by atoms with Gasteiger partial charge in [-0.05, 0) is 43.5 Å². The minimum atomic E-state index is -0.852. The van der Waals surface area contributed by atoms with Gasteiger partial charge >= 0.3 is 5.97 Å². The molecule has 2 aliphatic rings. The Balaban J connectivity index is 1.46. The van der Waals surface area contributed by atoms with Crippen molar-refractivity contribution in [3.8, 4) is 0 Å². The molecule has 0 bridgehead atoms. The molecule has 1 fully saturated rings. The Kier molecular flexibility index (Phi) is 4.10. The molecule has 0 unspecified atom stereocenters. The van der Waals surface area contributed by atoms with Crippen LogP contribution in [0, 0.1) is 6.92 Å². The van der Waals surface area contributed by atoms with Gasteiger partial charge in [-0.25, -0.2) is 14.8 Å². The van der Waals surface area contributed by atoms with Crippen molar-refractivity contribution < 1.29 is 14.6 Å². The van der Waals surface area contributed by atoms with E-state index in [-0.39, 0.29) is 5.60 Å². The van der Waals surface area contributed by atoms with Crippen molar-refractivity contribution in [2.75, 3.05) is 24.6 Å². The number of hydrogen-bond acceptors (Lipinski definition) is 6. The van der Waals surface area contributed by atoms with Crippen molar-refractivity contribution in [2.24, 2.45) is 0 Å². The van der Waals surface area contributed by atoms with E-state index in [4.69, 9.17) is 9.72 Å². The number of piperidine rings is 1. The Hall–Kier alpha value is -2.51. The number of carbonyl (C=O) groups is 1. The molecule has 144 valence electrons. The second-order valence-electron chi connectivity index (χ2n) is 7.44. The van der Waals surface area contributed by atoms with Crippen LogP contribution in [0.15, 0.2) is 30.3 Å². The van der Waals surface area contributed by atoms with Crippen molar-refractivity contribution in [1.29, 1.82) is 0 Å². The molecule has 2 aromatic heterocycles. The zero-order valence-electron chi connectivity index (χ0n) is 15.6. The molecule has 1 saturated heterocycles. The molecule has 4 heterocycles. The number of fused-ring (bicyclic) bond motifs is 3. The summed E-state index contributed by atoms with van der Waals surface area (Å²) in [4.78, 5) is 24.6. The molecule has 0 radical (unpaired) electrons.